The highest BCUT2D eigenvalue weighted by Gasteiger charge is 2.50. The molecule has 2 aliphatic heterocycles. The van der Waals surface area contributed by atoms with Gasteiger partial charge in [0.15, 0.2) is 5.78 Å². The van der Waals surface area contributed by atoms with Gasteiger partial charge >= 0.3 is 0 Å². The molecule has 0 spiro atoms. The summed E-state index contributed by atoms with van der Waals surface area (Å²) in [5, 5.41) is 8.45. The Morgan fingerprint density at radius 1 is 1.00 bits per heavy atom. The van der Waals surface area contributed by atoms with Gasteiger partial charge in [0.2, 0.25) is 17.7 Å². The van der Waals surface area contributed by atoms with Crippen LogP contribution in [0.3, 0.4) is 0 Å². The highest BCUT2D eigenvalue weighted by Crippen LogP contribution is 2.31. The van der Waals surface area contributed by atoms with E-state index < -0.39 is 35.5 Å². The Balaban J connectivity index is 1.44. The van der Waals surface area contributed by atoms with Gasteiger partial charge in [-0.2, -0.15) is 0 Å². The Hall–Kier alpha value is -3.28. The SMILES string of the molecule is COc1ccc(C[C@H](NC(=O)[C@H](C)NC(=O)CN2CCOCC2)C(=O)N[C@@H](CC2=CCCC2)C(=O)[C@@]2(C)CO2)cc1. The third kappa shape index (κ3) is 8.85. The first-order valence-electron chi connectivity index (χ1n) is 14.4. The van der Waals surface area contributed by atoms with Crippen molar-refractivity contribution in [2.75, 3.05) is 46.6 Å². The highest BCUT2D eigenvalue weighted by atomic mass is 16.6. The Morgan fingerprint density at radius 3 is 2.29 bits per heavy atom. The van der Waals surface area contributed by atoms with Crippen molar-refractivity contribution in [2.24, 2.45) is 0 Å². The summed E-state index contributed by atoms with van der Waals surface area (Å²) in [4.78, 5) is 54.7. The van der Waals surface area contributed by atoms with Crippen LogP contribution in [0.2, 0.25) is 0 Å². The van der Waals surface area contributed by atoms with Crippen molar-refractivity contribution in [3.8, 4) is 5.75 Å². The number of methoxy groups -OCH3 is 1. The normalized spacial score (nSPS) is 22.6. The summed E-state index contributed by atoms with van der Waals surface area (Å²) in [5.74, 6) is -0.741. The lowest BCUT2D eigenvalue weighted by Crippen LogP contribution is -2.57. The molecule has 3 aliphatic rings. The van der Waals surface area contributed by atoms with E-state index in [0.717, 1.165) is 30.4 Å². The monoisotopic (exact) mass is 570 g/mol. The van der Waals surface area contributed by atoms with Crippen molar-refractivity contribution >= 4 is 23.5 Å². The number of Topliss-reactive ketones (excluding diaryl/α,β-unsaturated/α-hetero) is 1. The van der Waals surface area contributed by atoms with Gasteiger partial charge in [-0.25, -0.2) is 0 Å². The molecule has 2 heterocycles. The smallest absolute Gasteiger partial charge is 0.243 e. The zero-order chi connectivity index (χ0) is 29.4. The number of rotatable bonds is 14. The van der Waals surface area contributed by atoms with Crippen molar-refractivity contribution in [2.45, 2.75) is 69.7 Å². The number of hydrogen-bond acceptors (Lipinski definition) is 8. The molecular weight excluding hydrogens is 528 g/mol. The van der Waals surface area contributed by atoms with E-state index in [2.05, 4.69) is 22.0 Å². The molecule has 11 nitrogen and oxygen atoms in total. The second-order valence-corrected chi connectivity index (χ2v) is 11.2. The molecule has 0 bridgehead atoms. The minimum atomic E-state index is -0.977. The largest absolute Gasteiger partial charge is 0.497 e. The maximum atomic E-state index is 13.7. The molecule has 3 amide bonds. The lowest BCUT2D eigenvalue weighted by atomic mass is 9.94. The number of hydrogen-bond donors (Lipinski definition) is 3. The highest BCUT2D eigenvalue weighted by molar-refractivity contribution is 5.98. The summed E-state index contributed by atoms with van der Waals surface area (Å²) in [6, 6.07) is 4.61. The van der Waals surface area contributed by atoms with Crippen LogP contribution in [0.1, 0.15) is 45.1 Å². The molecule has 3 N–H and O–H groups in total. The van der Waals surface area contributed by atoms with Gasteiger partial charge in [-0.1, -0.05) is 23.8 Å². The van der Waals surface area contributed by atoms with E-state index >= 15 is 0 Å². The molecule has 224 valence electrons. The number of ether oxygens (including phenoxy) is 3. The zero-order valence-electron chi connectivity index (χ0n) is 24.2. The second-order valence-electron chi connectivity index (χ2n) is 11.2. The third-order valence-corrected chi connectivity index (χ3v) is 7.81. The van der Waals surface area contributed by atoms with Crippen LogP contribution in [0.15, 0.2) is 35.9 Å². The Bertz CT molecular complexity index is 1130. The van der Waals surface area contributed by atoms with Gasteiger partial charge in [-0.3, -0.25) is 24.1 Å². The van der Waals surface area contributed by atoms with E-state index in [1.54, 1.807) is 33.1 Å². The Kier molecular flexibility index (Phi) is 10.5. The third-order valence-electron chi connectivity index (χ3n) is 7.81. The maximum absolute atomic E-state index is 13.7. The Labute approximate surface area is 241 Å². The molecule has 1 aromatic rings. The molecule has 0 aromatic heterocycles. The number of benzene rings is 1. The fourth-order valence-corrected chi connectivity index (χ4v) is 5.10. The first-order chi connectivity index (χ1) is 19.7. The summed E-state index contributed by atoms with van der Waals surface area (Å²) in [7, 11) is 1.57. The predicted octanol–water partition coefficient (Wildman–Crippen LogP) is 0.903. The molecule has 0 unspecified atom stereocenters. The fraction of sp³-hybridized carbons (Fsp3) is 0.600. The number of nitrogens with one attached hydrogen (secondary N) is 3. The van der Waals surface area contributed by atoms with E-state index in [1.807, 2.05) is 17.0 Å². The van der Waals surface area contributed by atoms with Crippen LogP contribution in [0.5, 0.6) is 5.75 Å². The van der Waals surface area contributed by atoms with E-state index in [9.17, 15) is 19.2 Å². The summed E-state index contributed by atoms with van der Waals surface area (Å²) in [6.07, 6.45) is 5.62. The molecule has 41 heavy (non-hydrogen) atoms. The first kappa shape index (κ1) is 30.7. The van der Waals surface area contributed by atoms with Gasteiger partial charge in [-0.15, -0.1) is 0 Å². The topological polar surface area (TPSA) is 139 Å². The number of carbonyl (C=O) groups excluding carboxylic acids is 4. The Morgan fingerprint density at radius 2 is 1.68 bits per heavy atom. The molecule has 1 aliphatic carbocycles. The van der Waals surface area contributed by atoms with Gasteiger partial charge in [-0.05, 0) is 57.2 Å². The zero-order valence-corrected chi connectivity index (χ0v) is 24.2. The number of carbonyl (C=O) groups is 4. The molecule has 1 aromatic carbocycles. The van der Waals surface area contributed by atoms with Crippen LogP contribution in [0.25, 0.3) is 0 Å². The van der Waals surface area contributed by atoms with Gasteiger partial charge < -0.3 is 30.2 Å². The van der Waals surface area contributed by atoms with E-state index in [-0.39, 0.29) is 24.7 Å². The maximum Gasteiger partial charge on any atom is 0.243 e. The molecule has 4 rings (SSSR count). The predicted molar refractivity (Wildman–Crippen MR) is 151 cm³/mol. The average molecular weight is 571 g/mol. The number of morpholine rings is 1. The number of ketones is 1. The van der Waals surface area contributed by atoms with Crippen molar-refractivity contribution in [3.05, 3.63) is 41.5 Å². The molecule has 2 saturated heterocycles. The molecule has 0 radical (unpaired) electrons. The van der Waals surface area contributed by atoms with Crippen LogP contribution in [0, 0.1) is 0 Å². The van der Waals surface area contributed by atoms with E-state index in [1.165, 1.54) is 0 Å². The van der Waals surface area contributed by atoms with Gasteiger partial charge in [0.1, 0.15) is 23.4 Å². The van der Waals surface area contributed by atoms with Crippen molar-refractivity contribution in [1.29, 1.82) is 0 Å². The van der Waals surface area contributed by atoms with Gasteiger partial charge in [0.05, 0.1) is 39.5 Å². The van der Waals surface area contributed by atoms with Crippen LogP contribution < -0.4 is 20.7 Å². The van der Waals surface area contributed by atoms with Crippen LogP contribution in [-0.2, 0) is 35.1 Å². The lowest BCUT2D eigenvalue weighted by molar-refractivity contribution is -0.134. The standard InChI is InChI=1S/C30H42N4O7/c1-20(31-26(35)18-34-12-14-40-15-13-34)28(37)33-25(17-22-8-10-23(39-3)11-9-22)29(38)32-24(16-21-6-4-5-7-21)27(36)30(2)19-41-30/h6,8-11,20,24-25H,4-5,7,12-19H2,1-3H3,(H,31,35)(H,32,38)(H,33,37)/t20-,24-,25-,30+/m0/s1. The van der Waals surface area contributed by atoms with Crippen molar-refractivity contribution in [1.82, 2.24) is 20.9 Å². The van der Waals surface area contributed by atoms with Crippen molar-refractivity contribution < 1.29 is 33.4 Å². The summed E-state index contributed by atoms with van der Waals surface area (Å²) >= 11 is 0. The molecule has 0 saturated carbocycles. The lowest BCUT2D eigenvalue weighted by Gasteiger charge is -2.27. The van der Waals surface area contributed by atoms with E-state index in [4.69, 9.17) is 14.2 Å². The van der Waals surface area contributed by atoms with E-state index in [0.29, 0.717) is 45.1 Å². The minimum Gasteiger partial charge on any atom is -0.497 e. The number of amides is 3. The quantitative estimate of drug-likeness (QED) is 0.222. The van der Waals surface area contributed by atoms with Crippen molar-refractivity contribution in [3.63, 3.8) is 0 Å². The molecular formula is C30H42N4O7. The first-order valence-corrected chi connectivity index (χ1v) is 14.4. The van der Waals surface area contributed by atoms with Crippen LogP contribution in [0.4, 0.5) is 0 Å². The second kappa shape index (κ2) is 14.1. The average Bonchev–Trinajstić information content (AvgIpc) is 3.51. The van der Waals surface area contributed by atoms with Crippen LogP contribution in [-0.4, -0.2) is 98.7 Å². The molecule has 2 fully saturated rings. The summed E-state index contributed by atoms with van der Waals surface area (Å²) in [6.45, 7) is 6.24. The molecule has 11 heteroatoms. The summed E-state index contributed by atoms with van der Waals surface area (Å²) in [5.41, 5.74) is 1.04. The van der Waals surface area contributed by atoms with Gasteiger partial charge in [0, 0.05) is 19.5 Å². The molecule has 4 atom stereocenters. The number of nitrogens with zero attached hydrogens (tertiary/aromatic N) is 1. The number of epoxide rings is 1. The fourth-order valence-electron chi connectivity index (χ4n) is 5.10. The minimum absolute atomic E-state index is 0.164. The summed E-state index contributed by atoms with van der Waals surface area (Å²) < 4.78 is 15.9. The van der Waals surface area contributed by atoms with Gasteiger partial charge in [0.25, 0.3) is 0 Å². The number of allylic oxidation sites excluding steroid dienone is 1. The van der Waals surface area contributed by atoms with Crippen LogP contribution >= 0.6 is 0 Å².